The number of carbonyl (C=O) groups excluding carboxylic acids is 1. The van der Waals surface area contributed by atoms with Gasteiger partial charge in [-0.05, 0) is 71.5 Å². The second-order valence-corrected chi connectivity index (χ2v) is 11.1. The fraction of sp³-hybridized carbons (Fsp3) is 0.125. The van der Waals surface area contributed by atoms with Crippen LogP contribution in [-0.2, 0) is 9.73 Å². The van der Waals surface area contributed by atoms with Crippen molar-refractivity contribution >= 4 is 48.4 Å². The lowest BCUT2D eigenvalue weighted by molar-refractivity contribution is 0.103. The first-order valence-corrected chi connectivity index (χ1v) is 12.6. The second kappa shape index (κ2) is 8.03. The third-order valence-corrected chi connectivity index (χ3v) is 8.98. The first kappa shape index (κ1) is 20.7. The average molecular weight is 466 g/mol. The summed E-state index contributed by atoms with van der Waals surface area (Å²) < 4.78 is 31.4. The van der Waals surface area contributed by atoms with Crippen LogP contribution < -0.4 is 11.1 Å². The summed E-state index contributed by atoms with van der Waals surface area (Å²) in [7, 11) is -2.33. The number of carbonyl (C=O) groups is 1. The predicted molar refractivity (Wildman–Crippen MR) is 129 cm³/mol. The van der Waals surface area contributed by atoms with Gasteiger partial charge in [-0.1, -0.05) is 18.2 Å². The number of anilines is 2. The lowest BCUT2D eigenvalue weighted by Gasteiger charge is -2.10. The number of nitrogen functional groups attached to an aromatic ring is 1. The summed E-state index contributed by atoms with van der Waals surface area (Å²) >= 11 is 1.36. The minimum atomic E-state index is -2.33. The molecule has 1 amide bonds. The molecule has 8 heteroatoms. The minimum absolute atomic E-state index is 0.273. The van der Waals surface area contributed by atoms with Crippen molar-refractivity contribution in [1.29, 1.82) is 0 Å². The number of amides is 1. The Balaban J connectivity index is 1.43. The molecule has 1 aromatic heterocycles. The Morgan fingerprint density at radius 3 is 2.56 bits per heavy atom. The Kier molecular flexibility index (Phi) is 5.19. The number of hydrogen-bond donors (Lipinski definition) is 2. The number of hydrogen-bond acceptors (Lipinski definition) is 5. The predicted octanol–water partition coefficient (Wildman–Crippen LogP) is 5.77. The molecule has 0 spiro atoms. The Labute approximate surface area is 189 Å². The number of halogens is 1. The molecule has 1 aliphatic rings. The lowest BCUT2D eigenvalue weighted by atomic mass is 10.0. The van der Waals surface area contributed by atoms with Gasteiger partial charge in [-0.2, -0.15) is 0 Å². The van der Waals surface area contributed by atoms with Crippen LogP contribution in [0.15, 0.2) is 76.0 Å². The van der Waals surface area contributed by atoms with Crippen molar-refractivity contribution in [2.45, 2.75) is 11.3 Å². The molecule has 0 bridgehead atoms. The Hall–Kier alpha value is -3.23. The highest BCUT2D eigenvalue weighted by atomic mass is 32.2. The van der Waals surface area contributed by atoms with Gasteiger partial charge in [0.1, 0.15) is 5.82 Å². The third kappa shape index (κ3) is 3.87. The fourth-order valence-corrected chi connectivity index (χ4v) is 6.72. The van der Waals surface area contributed by atoms with Crippen LogP contribution in [0.3, 0.4) is 0 Å². The van der Waals surface area contributed by atoms with Gasteiger partial charge in [0, 0.05) is 21.9 Å². The van der Waals surface area contributed by atoms with Gasteiger partial charge in [0.05, 0.1) is 26.0 Å². The molecular weight excluding hydrogens is 445 g/mol. The Morgan fingerprint density at radius 2 is 1.81 bits per heavy atom. The van der Waals surface area contributed by atoms with E-state index in [4.69, 9.17) is 5.73 Å². The van der Waals surface area contributed by atoms with Crippen LogP contribution in [0, 0.1) is 5.82 Å². The zero-order valence-corrected chi connectivity index (χ0v) is 18.6. The maximum atomic E-state index is 13.2. The molecule has 0 aliphatic carbocycles. The van der Waals surface area contributed by atoms with E-state index in [0.29, 0.717) is 28.5 Å². The molecule has 32 heavy (non-hydrogen) atoms. The summed E-state index contributed by atoms with van der Waals surface area (Å²) in [6.07, 6.45) is 0.840. The van der Waals surface area contributed by atoms with E-state index in [9.17, 15) is 13.4 Å². The summed E-state index contributed by atoms with van der Waals surface area (Å²) in [5.41, 5.74) is 8.65. The van der Waals surface area contributed by atoms with E-state index in [2.05, 4.69) is 9.68 Å². The van der Waals surface area contributed by atoms with Gasteiger partial charge in [0.25, 0.3) is 5.91 Å². The first-order chi connectivity index (χ1) is 15.4. The highest BCUT2D eigenvalue weighted by molar-refractivity contribution is 7.93. The van der Waals surface area contributed by atoms with Crippen LogP contribution in [0.5, 0.6) is 0 Å². The summed E-state index contributed by atoms with van der Waals surface area (Å²) in [4.78, 5) is 14.2. The monoisotopic (exact) mass is 465 g/mol. The van der Waals surface area contributed by atoms with Gasteiger partial charge < -0.3 is 11.1 Å². The van der Waals surface area contributed by atoms with Gasteiger partial charge in [0.15, 0.2) is 0 Å². The van der Waals surface area contributed by atoms with Crippen LogP contribution in [-0.4, -0.2) is 22.4 Å². The third-order valence-electron chi connectivity index (χ3n) is 5.44. The maximum absolute atomic E-state index is 13.2. The van der Waals surface area contributed by atoms with Crippen LogP contribution >= 0.6 is 11.3 Å². The molecule has 162 valence electrons. The maximum Gasteiger partial charge on any atom is 0.265 e. The molecule has 0 saturated heterocycles. The van der Waals surface area contributed by atoms with Crippen LogP contribution in [0.2, 0.25) is 0 Å². The molecule has 3 aromatic carbocycles. The van der Waals surface area contributed by atoms with Crippen molar-refractivity contribution in [3.8, 4) is 11.1 Å². The van der Waals surface area contributed by atoms with Crippen LogP contribution in [0.25, 0.3) is 21.2 Å². The molecular formula is C24H20FN3O2S2. The topological polar surface area (TPSA) is 84.5 Å². The van der Waals surface area contributed by atoms with E-state index < -0.39 is 9.73 Å². The molecule has 3 N–H and O–H groups in total. The second-order valence-electron chi connectivity index (χ2n) is 7.62. The van der Waals surface area contributed by atoms with E-state index >= 15 is 0 Å². The zero-order chi connectivity index (χ0) is 22.3. The van der Waals surface area contributed by atoms with E-state index in [-0.39, 0.29) is 11.7 Å². The molecule has 5 rings (SSSR count). The van der Waals surface area contributed by atoms with Crippen molar-refractivity contribution in [3.63, 3.8) is 0 Å². The minimum Gasteiger partial charge on any atom is -0.397 e. The number of rotatable bonds is 4. The normalized spacial score (nSPS) is 17.9. The highest BCUT2D eigenvalue weighted by Gasteiger charge is 2.19. The van der Waals surface area contributed by atoms with Gasteiger partial charge in [-0.25, -0.2) is 13.0 Å². The Morgan fingerprint density at radius 1 is 1.03 bits per heavy atom. The number of nitrogens with two attached hydrogens (primary N) is 1. The van der Waals surface area contributed by atoms with Crippen molar-refractivity contribution < 1.29 is 13.4 Å². The summed E-state index contributed by atoms with van der Waals surface area (Å²) in [6.45, 7) is 0.632. The van der Waals surface area contributed by atoms with Gasteiger partial charge in [-0.3, -0.25) is 4.79 Å². The molecule has 0 fully saturated rings. The van der Waals surface area contributed by atoms with Crippen molar-refractivity contribution in [3.05, 3.63) is 77.4 Å². The molecule has 1 unspecified atom stereocenters. The highest BCUT2D eigenvalue weighted by Crippen LogP contribution is 2.32. The van der Waals surface area contributed by atoms with Crippen LogP contribution in [0.1, 0.15) is 16.1 Å². The fourth-order valence-electron chi connectivity index (χ4n) is 3.73. The molecule has 4 aromatic rings. The SMILES string of the molecule is Nc1ccc(-c2ccc(F)cc2)cc1NC(=O)c1cc2cc(S3(=O)=NCCC3)ccc2s1. The van der Waals surface area contributed by atoms with Crippen molar-refractivity contribution in [1.82, 2.24) is 0 Å². The van der Waals surface area contributed by atoms with Crippen LogP contribution in [0.4, 0.5) is 15.8 Å². The lowest BCUT2D eigenvalue weighted by Crippen LogP contribution is -2.11. The average Bonchev–Trinajstić information content (AvgIpc) is 3.42. The number of fused-ring (bicyclic) bond motifs is 1. The van der Waals surface area contributed by atoms with Gasteiger partial charge in [-0.15, -0.1) is 11.3 Å². The summed E-state index contributed by atoms with van der Waals surface area (Å²) in [5.74, 6) is 0.00169. The van der Waals surface area contributed by atoms with Gasteiger partial charge in [0.2, 0.25) is 0 Å². The van der Waals surface area contributed by atoms with E-state index in [1.54, 1.807) is 30.3 Å². The summed E-state index contributed by atoms with van der Waals surface area (Å²) in [6, 6.07) is 18.9. The van der Waals surface area contributed by atoms with Crippen molar-refractivity contribution in [2.24, 2.45) is 4.36 Å². The number of nitrogens with one attached hydrogen (secondary N) is 1. The zero-order valence-electron chi connectivity index (χ0n) is 17.0. The molecule has 0 radical (unpaired) electrons. The van der Waals surface area contributed by atoms with Gasteiger partial charge >= 0.3 is 0 Å². The number of benzene rings is 3. The summed E-state index contributed by atoms with van der Waals surface area (Å²) in [5, 5.41) is 3.75. The molecule has 0 saturated carbocycles. The molecule has 2 heterocycles. The van der Waals surface area contributed by atoms with E-state index in [0.717, 1.165) is 32.5 Å². The molecule has 5 nitrogen and oxygen atoms in total. The quantitative estimate of drug-likeness (QED) is 0.375. The Bertz CT molecular complexity index is 1470. The van der Waals surface area contributed by atoms with E-state index in [1.807, 2.05) is 24.3 Å². The molecule has 1 aliphatic heterocycles. The van der Waals surface area contributed by atoms with E-state index in [1.165, 1.54) is 23.5 Å². The molecule has 1 atom stereocenters. The largest absolute Gasteiger partial charge is 0.397 e. The number of thiophene rings is 1. The van der Waals surface area contributed by atoms with Crippen molar-refractivity contribution in [2.75, 3.05) is 23.3 Å². The number of nitrogens with zero attached hydrogens (tertiary/aromatic N) is 1. The standard InChI is InChI=1S/C24H20FN3O2S2/c25-18-5-2-15(3-6-18)16-4-8-20(26)21(13-16)28-24(29)23-14-17-12-19(7-9-22(17)31-23)32(30)11-1-10-27-32/h2-9,12-14H,1,10-11,26H2,(H,28,29). The first-order valence-electron chi connectivity index (χ1n) is 10.1. The smallest absolute Gasteiger partial charge is 0.265 e.